The second-order valence-corrected chi connectivity index (χ2v) is 5.03. The van der Waals surface area contributed by atoms with Crippen LogP contribution in [0.5, 0.6) is 0 Å². The van der Waals surface area contributed by atoms with Gasteiger partial charge >= 0.3 is 0 Å². The summed E-state index contributed by atoms with van der Waals surface area (Å²) in [6.45, 7) is 0.197. The van der Waals surface area contributed by atoms with Gasteiger partial charge in [0.05, 0.1) is 12.3 Å². The van der Waals surface area contributed by atoms with Crippen molar-refractivity contribution in [3.63, 3.8) is 0 Å². The number of aliphatic hydroxyl groups excluding tert-OH is 1. The molecular formula is C8H15N3O3S. The molecule has 0 saturated carbocycles. The van der Waals surface area contributed by atoms with E-state index in [0.29, 0.717) is 18.7 Å². The smallest absolute Gasteiger partial charge is 0.212 e. The van der Waals surface area contributed by atoms with Crippen molar-refractivity contribution in [1.29, 1.82) is 0 Å². The summed E-state index contributed by atoms with van der Waals surface area (Å²) in [5, 5.41) is 8.51. The molecular weight excluding hydrogens is 218 g/mol. The lowest BCUT2D eigenvalue weighted by Gasteiger charge is -2.04. The van der Waals surface area contributed by atoms with E-state index < -0.39 is 10.0 Å². The van der Waals surface area contributed by atoms with Gasteiger partial charge in [0.25, 0.3) is 0 Å². The number of nitrogens with one attached hydrogen (secondary N) is 2. The van der Waals surface area contributed by atoms with Gasteiger partial charge in [-0.1, -0.05) is 0 Å². The molecule has 1 heterocycles. The quantitative estimate of drug-likeness (QED) is 0.558. The van der Waals surface area contributed by atoms with E-state index in [1.54, 1.807) is 12.4 Å². The Balaban J connectivity index is 2.30. The van der Waals surface area contributed by atoms with E-state index in [2.05, 4.69) is 14.7 Å². The maximum Gasteiger partial charge on any atom is 0.212 e. The highest BCUT2D eigenvalue weighted by Crippen LogP contribution is 1.95. The van der Waals surface area contributed by atoms with Crippen molar-refractivity contribution in [3.05, 3.63) is 18.2 Å². The van der Waals surface area contributed by atoms with Crippen LogP contribution in [0.15, 0.2) is 12.4 Å². The van der Waals surface area contributed by atoms with Crippen LogP contribution in [0.2, 0.25) is 0 Å². The first-order valence-corrected chi connectivity index (χ1v) is 6.36. The number of nitrogens with zero attached hydrogens (tertiary/aromatic N) is 1. The van der Waals surface area contributed by atoms with Gasteiger partial charge in [-0.2, -0.15) is 0 Å². The van der Waals surface area contributed by atoms with Crippen molar-refractivity contribution < 1.29 is 13.5 Å². The van der Waals surface area contributed by atoms with Crippen molar-refractivity contribution in [2.75, 3.05) is 12.4 Å². The lowest BCUT2D eigenvalue weighted by atomic mass is 10.4. The number of sulfonamides is 1. The van der Waals surface area contributed by atoms with E-state index in [0.717, 1.165) is 0 Å². The van der Waals surface area contributed by atoms with Crippen LogP contribution < -0.4 is 4.72 Å². The first kappa shape index (κ1) is 12.2. The van der Waals surface area contributed by atoms with Gasteiger partial charge in [0.1, 0.15) is 5.82 Å². The fraction of sp³-hybridized carbons (Fsp3) is 0.625. The third-order valence-corrected chi connectivity index (χ3v) is 3.25. The van der Waals surface area contributed by atoms with Crippen molar-refractivity contribution >= 4 is 10.0 Å². The molecule has 0 saturated heterocycles. The van der Waals surface area contributed by atoms with Crippen LogP contribution in [0.1, 0.15) is 18.7 Å². The minimum Gasteiger partial charge on any atom is -0.396 e. The maximum atomic E-state index is 11.4. The number of rotatable bonds is 7. The van der Waals surface area contributed by atoms with Crippen LogP contribution in [0.3, 0.4) is 0 Å². The number of hydrogen-bond acceptors (Lipinski definition) is 4. The second-order valence-electron chi connectivity index (χ2n) is 3.11. The molecule has 6 nitrogen and oxygen atoms in total. The number of hydrogen-bond donors (Lipinski definition) is 3. The Morgan fingerprint density at radius 1 is 1.47 bits per heavy atom. The van der Waals surface area contributed by atoms with Crippen LogP contribution in [-0.2, 0) is 16.6 Å². The average molecular weight is 233 g/mol. The van der Waals surface area contributed by atoms with E-state index in [4.69, 9.17) is 5.11 Å². The number of H-pyrrole nitrogens is 1. The number of aliphatic hydroxyl groups is 1. The van der Waals surface area contributed by atoms with Gasteiger partial charge in [0.15, 0.2) is 0 Å². The first-order valence-electron chi connectivity index (χ1n) is 4.70. The Bertz CT molecular complexity index is 360. The summed E-state index contributed by atoms with van der Waals surface area (Å²) in [4.78, 5) is 6.69. The molecule has 1 aromatic heterocycles. The third kappa shape index (κ3) is 4.91. The van der Waals surface area contributed by atoms with Crippen LogP contribution >= 0.6 is 0 Å². The molecule has 0 atom stereocenters. The highest BCUT2D eigenvalue weighted by atomic mass is 32.2. The largest absolute Gasteiger partial charge is 0.396 e. The third-order valence-electron chi connectivity index (χ3n) is 1.84. The minimum atomic E-state index is -3.25. The van der Waals surface area contributed by atoms with E-state index in [9.17, 15) is 8.42 Å². The summed E-state index contributed by atoms with van der Waals surface area (Å²) in [5.41, 5.74) is 0. The molecule has 7 heteroatoms. The number of aromatic nitrogens is 2. The van der Waals surface area contributed by atoms with Crippen LogP contribution in [0.4, 0.5) is 0 Å². The van der Waals surface area contributed by atoms with Crippen molar-refractivity contribution in [1.82, 2.24) is 14.7 Å². The minimum absolute atomic E-state index is 0.0215. The van der Waals surface area contributed by atoms with Crippen LogP contribution in [-0.4, -0.2) is 35.9 Å². The summed E-state index contributed by atoms with van der Waals surface area (Å²) in [5.74, 6) is 0.620. The molecule has 1 aromatic rings. The maximum absolute atomic E-state index is 11.4. The van der Waals surface area contributed by atoms with Gasteiger partial charge < -0.3 is 10.1 Å². The summed E-state index contributed by atoms with van der Waals surface area (Å²) in [6.07, 6.45) is 4.16. The van der Waals surface area contributed by atoms with E-state index in [-0.39, 0.29) is 18.9 Å². The number of imidazole rings is 1. The van der Waals surface area contributed by atoms with Gasteiger partial charge in [-0.3, -0.25) is 0 Å². The Labute approximate surface area is 88.8 Å². The average Bonchev–Trinajstić information content (AvgIpc) is 2.68. The zero-order valence-electron chi connectivity index (χ0n) is 8.31. The molecule has 0 aliphatic rings. The Hall–Kier alpha value is -0.920. The topological polar surface area (TPSA) is 95.1 Å². The lowest BCUT2D eigenvalue weighted by molar-refractivity contribution is 0.287. The standard InChI is InChI=1S/C8H15N3O3S/c12-5-1-2-6-15(13,14)11-7-8-9-3-4-10-8/h3-4,11-12H,1-2,5-7H2,(H,9,10). The summed E-state index contributed by atoms with van der Waals surface area (Å²) >= 11 is 0. The van der Waals surface area contributed by atoms with E-state index >= 15 is 0 Å². The van der Waals surface area contributed by atoms with Crippen molar-refractivity contribution in [2.24, 2.45) is 0 Å². The monoisotopic (exact) mass is 233 g/mol. The molecule has 0 spiro atoms. The summed E-state index contributed by atoms with van der Waals surface area (Å²) < 4.78 is 25.1. The molecule has 0 bridgehead atoms. The molecule has 0 radical (unpaired) electrons. The molecule has 0 aliphatic carbocycles. The fourth-order valence-electron chi connectivity index (χ4n) is 1.05. The second kappa shape index (κ2) is 5.84. The normalized spacial score (nSPS) is 11.8. The zero-order chi connectivity index (χ0) is 11.1. The summed E-state index contributed by atoms with van der Waals surface area (Å²) in [7, 11) is -3.25. The van der Waals surface area contributed by atoms with E-state index in [1.807, 2.05) is 0 Å². The number of unbranched alkanes of at least 4 members (excludes halogenated alkanes) is 1. The highest BCUT2D eigenvalue weighted by molar-refractivity contribution is 7.89. The zero-order valence-corrected chi connectivity index (χ0v) is 9.13. The van der Waals surface area contributed by atoms with Crippen molar-refractivity contribution in [3.8, 4) is 0 Å². The van der Waals surface area contributed by atoms with Crippen LogP contribution in [0, 0.1) is 0 Å². The van der Waals surface area contributed by atoms with Crippen molar-refractivity contribution in [2.45, 2.75) is 19.4 Å². The lowest BCUT2D eigenvalue weighted by Crippen LogP contribution is -2.26. The molecule has 0 aromatic carbocycles. The Morgan fingerprint density at radius 2 is 2.27 bits per heavy atom. The van der Waals surface area contributed by atoms with Crippen LogP contribution in [0.25, 0.3) is 0 Å². The molecule has 15 heavy (non-hydrogen) atoms. The predicted molar refractivity (Wildman–Crippen MR) is 55.5 cm³/mol. The fourth-order valence-corrected chi connectivity index (χ4v) is 2.13. The molecule has 86 valence electrons. The first-order chi connectivity index (χ1) is 7.14. The van der Waals surface area contributed by atoms with Gasteiger partial charge in [-0.15, -0.1) is 0 Å². The number of aromatic amines is 1. The van der Waals surface area contributed by atoms with Gasteiger partial charge in [-0.05, 0) is 12.8 Å². The van der Waals surface area contributed by atoms with Gasteiger partial charge in [-0.25, -0.2) is 18.1 Å². The highest BCUT2D eigenvalue weighted by Gasteiger charge is 2.09. The van der Waals surface area contributed by atoms with E-state index in [1.165, 1.54) is 0 Å². The molecule has 0 amide bonds. The molecule has 0 unspecified atom stereocenters. The predicted octanol–water partition coefficient (Wildman–Crippen LogP) is -0.398. The van der Waals surface area contributed by atoms with Gasteiger partial charge in [0, 0.05) is 19.0 Å². The molecule has 3 N–H and O–H groups in total. The Morgan fingerprint density at radius 3 is 2.87 bits per heavy atom. The van der Waals surface area contributed by atoms with Gasteiger partial charge in [0.2, 0.25) is 10.0 Å². The molecule has 1 rings (SSSR count). The Kier molecular flexibility index (Phi) is 4.73. The molecule has 0 fully saturated rings. The summed E-state index contributed by atoms with van der Waals surface area (Å²) in [6, 6.07) is 0. The molecule has 0 aliphatic heterocycles. The SMILES string of the molecule is O=S(=O)(CCCCO)NCc1ncc[nH]1.